The number of methoxy groups -OCH3 is 1. The van der Waals surface area contributed by atoms with Gasteiger partial charge in [0.05, 0.1) is 24.4 Å². The highest BCUT2D eigenvalue weighted by Crippen LogP contribution is 2.25. The van der Waals surface area contributed by atoms with Crippen molar-refractivity contribution < 1.29 is 14.3 Å². The normalized spacial score (nSPS) is 11.7. The first kappa shape index (κ1) is 21.8. The lowest BCUT2D eigenvalue weighted by atomic mass is 9.94. The number of amides is 1. The van der Waals surface area contributed by atoms with Crippen LogP contribution in [-0.2, 0) is 16.9 Å². The van der Waals surface area contributed by atoms with Gasteiger partial charge in [0.1, 0.15) is 12.1 Å². The maximum atomic E-state index is 13.1. The number of carbonyl (C=O) groups excluding carboxylic acids is 1. The monoisotopic (exact) mass is 410 g/mol. The largest absolute Gasteiger partial charge is 0.494 e. The lowest BCUT2D eigenvalue weighted by Gasteiger charge is -2.27. The SMILES string of the molecule is CCCOc1cccc(C(C)(C)NC(=O)c2ncn3c(COC)c(C)c(C)nc23)c1. The number of hydrogen-bond donors (Lipinski definition) is 1. The zero-order valence-electron chi connectivity index (χ0n) is 18.6. The molecule has 0 saturated carbocycles. The molecule has 0 aliphatic rings. The van der Waals surface area contributed by atoms with E-state index in [0.717, 1.165) is 34.7 Å². The highest BCUT2D eigenvalue weighted by Gasteiger charge is 2.27. The van der Waals surface area contributed by atoms with Gasteiger partial charge in [-0.15, -0.1) is 0 Å². The van der Waals surface area contributed by atoms with E-state index >= 15 is 0 Å². The molecule has 0 aliphatic carbocycles. The number of aryl methyl sites for hydroxylation is 1. The zero-order valence-corrected chi connectivity index (χ0v) is 18.6. The van der Waals surface area contributed by atoms with Gasteiger partial charge in [-0.05, 0) is 57.4 Å². The first-order valence-corrected chi connectivity index (χ1v) is 10.2. The molecule has 3 aromatic rings. The number of benzene rings is 1. The molecule has 3 rings (SSSR count). The molecule has 0 aliphatic heterocycles. The Morgan fingerprint density at radius 3 is 2.73 bits per heavy atom. The standard InChI is InChI=1S/C23H30N4O3/c1-7-11-30-18-10-8-9-17(12-18)23(4,5)26-22(28)20-21-25-16(3)15(2)19(13-29-6)27(21)14-24-20/h8-10,12,14H,7,11,13H2,1-6H3,(H,26,28). The summed E-state index contributed by atoms with van der Waals surface area (Å²) in [6.45, 7) is 11.0. The third-order valence-corrected chi connectivity index (χ3v) is 5.23. The highest BCUT2D eigenvalue weighted by atomic mass is 16.5. The average molecular weight is 411 g/mol. The van der Waals surface area contributed by atoms with Gasteiger partial charge in [-0.3, -0.25) is 9.20 Å². The fraction of sp³-hybridized carbons (Fsp3) is 0.435. The Morgan fingerprint density at radius 2 is 2.03 bits per heavy atom. The van der Waals surface area contributed by atoms with Crippen LogP contribution >= 0.6 is 0 Å². The lowest BCUT2D eigenvalue weighted by molar-refractivity contribution is 0.0908. The Kier molecular flexibility index (Phi) is 6.41. The summed E-state index contributed by atoms with van der Waals surface area (Å²) in [7, 11) is 1.65. The van der Waals surface area contributed by atoms with Crippen LogP contribution in [-0.4, -0.2) is 34.0 Å². The van der Waals surface area contributed by atoms with E-state index < -0.39 is 5.54 Å². The maximum Gasteiger partial charge on any atom is 0.274 e. The van der Waals surface area contributed by atoms with Crippen LogP contribution in [0.4, 0.5) is 0 Å². The van der Waals surface area contributed by atoms with Gasteiger partial charge in [-0.2, -0.15) is 0 Å². The van der Waals surface area contributed by atoms with Crippen molar-refractivity contribution in [2.75, 3.05) is 13.7 Å². The fourth-order valence-electron chi connectivity index (χ4n) is 3.36. The lowest BCUT2D eigenvalue weighted by Crippen LogP contribution is -2.41. The number of hydrogen-bond acceptors (Lipinski definition) is 5. The van der Waals surface area contributed by atoms with Gasteiger partial charge in [-0.25, -0.2) is 9.97 Å². The van der Waals surface area contributed by atoms with Crippen molar-refractivity contribution in [1.29, 1.82) is 0 Å². The molecule has 0 bridgehead atoms. The van der Waals surface area contributed by atoms with Crippen LogP contribution in [0.25, 0.3) is 5.65 Å². The summed E-state index contributed by atoms with van der Waals surface area (Å²) in [6.07, 6.45) is 2.57. The molecule has 1 aromatic carbocycles. The zero-order chi connectivity index (χ0) is 21.9. The van der Waals surface area contributed by atoms with Crippen molar-refractivity contribution in [2.45, 2.75) is 53.2 Å². The van der Waals surface area contributed by atoms with Crippen molar-refractivity contribution in [3.63, 3.8) is 0 Å². The second-order valence-electron chi connectivity index (χ2n) is 7.94. The van der Waals surface area contributed by atoms with E-state index in [1.54, 1.807) is 13.4 Å². The van der Waals surface area contributed by atoms with E-state index in [1.165, 1.54) is 0 Å². The Labute approximate surface area is 177 Å². The van der Waals surface area contributed by atoms with E-state index in [0.29, 0.717) is 24.6 Å². The molecule has 7 heteroatoms. The smallest absolute Gasteiger partial charge is 0.274 e. The van der Waals surface area contributed by atoms with Crippen molar-refractivity contribution in [3.8, 4) is 5.75 Å². The van der Waals surface area contributed by atoms with Gasteiger partial charge in [0, 0.05) is 12.8 Å². The van der Waals surface area contributed by atoms with E-state index in [4.69, 9.17) is 9.47 Å². The highest BCUT2D eigenvalue weighted by molar-refractivity contribution is 5.98. The number of rotatable bonds is 8. The van der Waals surface area contributed by atoms with Gasteiger partial charge in [0.25, 0.3) is 5.91 Å². The molecule has 160 valence electrons. The molecular formula is C23H30N4O3. The van der Waals surface area contributed by atoms with Crippen LogP contribution in [0.15, 0.2) is 30.6 Å². The minimum atomic E-state index is -0.617. The molecule has 7 nitrogen and oxygen atoms in total. The summed E-state index contributed by atoms with van der Waals surface area (Å²) in [5.74, 6) is 0.516. The predicted octanol–water partition coefficient (Wildman–Crippen LogP) is 3.95. The fourth-order valence-corrected chi connectivity index (χ4v) is 3.36. The van der Waals surface area contributed by atoms with Crippen molar-refractivity contribution in [1.82, 2.24) is 19.7 Å². The van der Waals surface area contributed by atoms with E-state index in [2.05, 4.69) is 22.2 Å². The molecule has 2 aromatic heterocycles. The number of fused-ring (bicyclic) bond motifs is 1. The Bertz CT molecular complexity index is 1060. The van der Waals surface area contributed by atoms with E-state index in [-0.39, 0.29) is 5.91 Å². The van der Waals surface area contributed by atoms with Gasteiger partial charge in [0.2, 0.25) is 0 Å². The summed E-state index contributed by atoms with van der Waals surface area (Å²) in [4.78, 5) is 22.1. The third-order valence-electron chi connectivity index (χ3n) is 5.23. The molecule has 0 saturated heterocycles. The maximum absolute atomic E-state index is 13.1. The molecule has 0 radical (unpaired) electrons. The van der Waals surface area contributed by atoms with Crippen LogP contribution in [0.3, 0.4) is 0 Å². The number of ether oxygens (including phenoxy) is 2. The van der Waals surface area contributed by atoms with Crippen molar-refractivity contribution in [3.05, 3.63) is 58.8 Å². The molecule has 0 atom stereocenters. The van der Waals surface area contributed by atoms with Crippen LogP contribution in [0, 0.1) is 13.8 Å². The van der Waals surface area contributed by atoms with E-state index in [1.807, 2.05) is 56.4 Å². The number of aromatic nitrogens is 3. The Hall–Kier alpha value is -2.93. The van der Waals surface area contributed by atoms with Crippen LogP contribution < -0.4 is 10.1 Å². The summed E-state index contributed by atoms with van der Waals surface area (Å²) in [6, 6.07) is 7.80. The third kappa shape index (κ3) is 4.31. The van der Waals surface area contributed by atoms with Crippen molar-refractivity contribution >= 4 is 11.6 Å². The number of imidazole rings is 1. The Balaban J connectivity index is 1.91. The number of nitrogens with one attached hydrogen (secondary N) is 1. The molecular weight excluding hydrogens is 380 g/mol. The van der Waals surface area contributed by atoms with Crippen molar-refractivity contribution in [2.24, 2.45) is 0 Å². The molecule has 2 heterocycles. The second-order valence-corrected chi connectivity index (χ2v) is 7.94. The van der Waals surface area contributed by atoms with Crippen LogP contribution in [0.2, 0.25) is 0 Å². The van der Waals surface area contributed by atoms with Crippen LogP contribution in [0.5, 0.6) is 5.75 Å². The Morgan fingerprint density at radius 1 is 1.27 bits per heavy atom. The van der Waals surface area contributed by atoms with Gasteiger partial charge < -0.3 is 14.8 Å². The second kappa shape index (κ2) is 8.83. The summed E-state index contributed by atoms with van der Waals surface area (Å²) < 4.78 is 12.9. The number of nitrogens with zero attached hydrogens (tertiary/aromatic N) is 3. The van der Waals surface area contributed by atoms with Gasteiger partial charge >= 0.3 is 0 Å². The number of carbonyl (C=O) groups is 1. The quantitative estimate of drug-likeness (QED) is 0.608. The molecule has 30 heavy (non-hydrogen) atoms. The minimum absolute atomic E-state index is 0.276. The molecule has 1 N–H and O–H groups in total. The topological polar surface area (TPSA) is 77.8 Å². The van der Waals surface area contributed by atoms with E-state index in [9.17, 15) is 4.79 Å². The van der Waals surface area contributed by atoms with Crippen LogP contribution in [0.1, 0.15) is 60.2 Å². The molecule has 1 amide bonds. The average Bonchev–Trinajstić information content (AvgIpc) is 3.13. The molecule has 0 fully saturated rings. The first-order chi connectivity index (χ1) is 14.3. The van der Waals surface area contributed by atoms with Gasteiger partial charge in [0.15, 0.2) is 11.3 Å². The first-order valence-electron chi connectivity index (χ1n) is 10.2. The molecule has 0 spiro atoms. The summed E-state index contributed by atoms with van der Waals surface area (Å²) in [5, 5.41) is 3.09. The summed E-state index contributed by atoms with van der Waals surface area (Å²) >= 11 is 0. The van der Waals surface area contributed by atoms with Gasteiger partial charge in [-0.1, -0.05) is 19.1 Å². The minimum Gasteiger partial charge on any atom is -0.494 e. The predicted molar refractivity (Wildman–Crippen MR) is 116 cm³/mol. The summed E-state index contributed by atoms with van der Waals surface area (Å²) in [5.41, 5.74) is 3.97. The molecule has 0 unspecified atom stereocenters.